The summed E-state index contributed by atoms with van der Waals surface area (Å²) in [5.41, 5.74) is 2.72. The van der Waals surface area contributed by atoms with Crippen molar-refractivity contribution in [3.63, 3.8) is 0 Å². The Hall–Kier alpha value is -0.865. The van der Waals surface area contributed by atoms with Crippen molar-refractivity contribution in [2.24, 2.45) is 0 Å². The van der Waals surface area contributed by atoms with E-state index in [2.05, 4.69) is 52.6 Å². The van der Waals surface area contributed by atoms with Gasteiger partial charge in [0.25, 0.3) is 0 Å². The summed E-state index contributed by atoms with van der Waals surface area (Å²) in [5, 5.41) is 0. The van der Waals surface area contributed by atoms with Crippen LogP contribution in [-0.4, -0.2) is 23.3 Å². The Labute approximate surface area is 116 Å². The molecular formula is C15H24BNO2. The van der Waals surface area contributed by atoms with Crippen LogP contribution < -0.4 is 5.46 Å². The van der Waals surface area contributed by atoms with Gasteiger partial charge >= 0.3 is 7.12 Å². The van der Waals surface area contributed by atoms with E-state index in [0.29, 0.717) is 5.92 Å². The van der Waals surface area contributed by atoms with Gasteiger partial charge in [0.15, 0.2) is 0 Å². The summed E-state index contributed by atoms with van der Waals surface area (Å²) in [5.74, 6) is 0.427. The van der Waals surface area contributed by atoms with E-state index < -0.39 is 0 Å². The van der Waals surface area contributed by atoms with Gasteiger partial charge in [0.2, 0.25) is 0 Å². The Bertz CT molecular complexity index is 467. The second kappa shape index (κ2) is 4.60. The van der Waals surface area contributed by atoms with Gasteiger partial charge < -0.3 is 9.31 Å². The van der Waals surface area contributed by atoms with E-state index in [1.165, 1.54) is 5.56 Å². The first-order valence-electron chi connectivity index (χ1n) is 6.97. The van der Waals surface area contributed by atoms with Crippen LogP contribution in [0.2, 0.25) is 0 Å². The Morgan fingerprint density at radius 2 is 1.63 bits per heavy atom. The molecule has 1 saturated heterocycles. The SMILES string of the molecule is Cc1nccc(C(C)C)c1B1OC(C)(C)C(C)(C)O1. The first kappa shape index (κ1) is 14.5. The van der Waals surface area contributed by atoms with Crippen molar-refractivity contribution in [1.82, 2.24) is 4.98 Å². The lowest BCUT2D eigenvalue weighted by Gasteiger charge is -2.32. The van der Waals surface area contributed by atoms with Gasteiger partial charge in [-0.2, -0.15) is 0 Å². The highest BCUT2D eigenvalue weighted by molar-refractivity contribution is 6.63. The number of pyridine rings is 1. The van der Waals surface area contributed by atoms with Gasteiger partial charge in [-0.05, 0) is 52.2 Å². The summed E-state index contributed by atoms with van der Waals surface area (Å²) in [7, 11) is -0.323. The first-order chi connectivity index (χ1) is 8.66. The molecule has 0 radical (unpaired) electrons. The molecule has 19 heavy (non-hydrogen) atoms. The Morgan fingerprint density at radius 1 is 1.11 bits per heavy atom. The van der Waals surface area contributed by atoms with Crippen molar-refractivity contribution in [1.29, 1.82) is 0 Å². The summed E-state index contributed by atoms with van der Waals surface area (Å²) < 4.78 is 12.3. The Balaban J connectivity index is 2.45. The van der Waals surface area contributed by atoms with Crippen LogP contribution in [0.15, 0.2) is 12.3 Å². The molecule has 0 N–H and O–H groups in total. The van der Waals surface area contributed by atoms with Crippen molar-refractivity contribution >= 4 is 12.6 Å². The lowest BCUT2D eigenvalue weighted by molar-refractivity contribution is 0.00578. The van der Waals surface area contributed by atoms with Crippen molar-refractivity contribution < 1.29 is 9.31 Å². The zero-order chi connectivity index (χ0) is 14.4. The van der Waals surface area contributed by atoms with Crippen LogP contribution in [0.1, 0.15) is 58.7 Å². The van der Waals surface area contributed by atoms with Crippen LogP contribution in [-0.2, 0) is 9.31 Å². The highest BCUT2D eigenvalue weighted by atomic mass is 16.7. The van der Waals surface area contributed by atoms with E-state index in [4.69, 9.17) is 9.31 Å². The molecule has 1 aliphatic rings. The maximum absolute atomic E-state index is 6.16. The number of nitrogens with zero attached hydrogens (tertiary/aromatic N) is 1. The maximum atomic E-state index is 6.16. The van der Waals surface area contributed by atoms with Crippen LogP contribution in [0.4, 0.5) is 0 Å². The van der Waals surface area contributed by atoms with E-state index in [-0.39, 0.29) is 18.3 Å². The maximum Gasteiger partial charge on any atom is 0.496 e. The zero-order valence-electron chi connectivity index (χ0n) is 13.1. The fourth-order valence-corrected chi connectivity index (χ4v) is 2.37. The molecule has 0 saturated carbocycles. The molecule has 0 unspecified atom stereocenters. The van der Waals surface area contributed by atoms with E-state index in [1.807, 2.05) is 13.1 Å². The molecule has 1 aromatic rings. The molecule has 1 fully saturated rings. The molecule has 1 aromatic heterocycles. The third-order valence-corrected chi connectivity index (χ3v) is 4.33. The molecule has 0 spiro atoms. The van der Waals surface area contributed by atoms with Gasteiger partial charge in [-0.1, -0.05) is 13.8 Å². The Morgan fingerprint density at radius 3 is 2.11 bits per heavy atom. The molecule has 0 atom stereocenters. The standard InChI is InChI=1S/C15H24BNO2/c1-10(2)12-8-9-17-11(3)13(12)16-18-14(4,5)15(6,7)19-16/h8-10H,1-7H3. The van der Waals surface area contributed by atoms with Gasteiger partial charge in [-0.3, -0.25) is 4.98 Å². The summed E-state index contributed by atoms with van der Waals surface area (Å²) in [6, 6.07) is 2.07. The number of rotatable bonds is 2. The molecule has 0 bridgehead atoms. The lowest BCUT2D eigenvalue weighted by atomic mass is 9.72. The molecular weight excluding hydrogens is 237 g/mol. The average Bonchev–Trinajstić information content (AvgIpc) is 2.47. The monoisotopic (exact) mass is 261 g/mol. The Kier molecular flexibility index (Phi) is 3.52. The predicted molar refractivity (Wildman–Crippen MR) is 78.8 cm³/mol. The second-order valence-corrected chi connectivity index (χ2v) is 6.64. The molecule has 3 nitrogen and oxygen atoms in total. The molecule has 2 heterocycles. The van der Waals surface area contributed by atoms with Gasteiger partial charge in [-0.15, -0.1) is 0 Å². The minimum atomic E-state index is -0.323. The van der Waals surface area contributed by atoms with Crippen LogP contribution in [0, 0.1) is 6.92 Å². The van der Waals surface area contributed by atoms with Gasteiger partial charge in [0.05, 0.1) is 11.2 Å². The van der Waals surface area contributed by atoms with Crippen molar-refractivity contribution in [2.75, 3.05) is 0 Å². The molecule has 0 aliphatic carbocycles. The van der Waals surface area contributed by atoms with Crippen molar-refractivity contribution in [3.05, 3.63) is 23.5 Å². The minimum Gasteiger partial charge on any atom is -0.399 e. The van der Waals surface area contributed by atoms with Crippen molar-refractivity contribution in [2.45, 2.75) is 65.6 Å². The van der Waals surface area contributed by atoms with Crippen molar-refractivity contribution in [3.8, 4) is 0 Å². The van der Waals surface area contributed by atoms with E-state index in [1.54, 1.807) is 0 Å². The van der Waals surface area contributed by atoms with Crippen LogP contribution in [0.5, 0.6) is 0 Å². The third-order valence-electron chi connectivity index (χ3n) is 4.33. The quantitative estimate of drug-likeness (QED) is 0.767. The predicted octanol–water partition coefficient (Wildman–Crippen LogP) is 2.81. The number of hydrogen-bond acceptors (Lipinski definition) is 3. The lowest BCUT2D eigenvalue weighted by Crippen LogP contribution is -2.41. The van der Waals surface area contributed by atoms with Gasteiger partial charge in [0, 0.05) is 17.4 Å². The number of hydrogen-bond donors (Lipinski definition) is 0. The average molecular weight is 261 g/mol. The zero-order valence-corrected chi connectivity index (χ0v) is 13.1. The smallest absolute Gasteiger partial charge is 0.399 e. The van der Waals surface area contributed by atoms with Gasteiger partial charge in [-0.25, -0.2) is 0 Å². The molecule has 4 heteroatoms. The van der Waals surface area contributed by atoms with Crippen LogP contribution >= 0.6 is 0 Å². The third kappa shape index (κ3) is 2.44. The molecule has 0 amide bonds. The first-order valence-corrected chi connectivity index (χ1v) is 6.97. The largest absolute Gasteiger partial charge is 0.496 e. The number of aromatic nitrogens is 1. The topological polar surface area (TPSA) is 31.4 Å². The second-order valence-electron chi connectivity index (χ2n) is 6.64. The highest BCUT2D eigenvalue weighted by Gasteiger charge is 2.52. The highest BCUT2D eigenvalue weighted by Crippen LogP contribution is 2.37. The number of aryl methyl sites for hydroxylation is 1. The van der Waals surface area contributed by atoms with E-state index in [0.717, 1.165) is 11.2 Å². The molecule has 2 rings (SSSR count). The van der Waals surface area contributed by atoms with Crippen LogP contribution in [0.25, 0.3) is 0 Å². The summed E-state index contributed by atoms with van der Waals surface area (Å²) >= 11 is 0. The van der Waals surface area contributed by atoms with E-state index in [9.17, 15) is 0 Å². The minimum absolute atomic E-state index is 0.311. The van der Waals surface area contributed by atoms with Crippen LogP contribution in [0.3, 0.4) is 0 Å². The summed E-state index contributed by atoms with van der Waals surface area (Å²) in [4.78, 5) is 4.40. The molecule has 1 aliphatic heterocycles. The summed E-state index contributed by atoms with van der Waals surface area (Å²) in [6.45, 7) is 14.7. The normalized spacial score (nSPS) is 21.2. The summed E-state index contributed by atoms with van der Waals surface area (Å²) in [6.07, 6.45) is 1.86. The molecule has 104 valence electrons. The van der Waals surface area contributed by atoms with E-state index >= 15 is 0 Å². The fourth-order valence-electron chi connectivity index (χ4n) is 2.37. The molecule has 0 aromatic carbocycles. The fraction of sp³-hybridized carbons (Fsp3) is 0.667. The van der Waals surface area contributed by atoms with Gasteiger partial charge in [0.1, 0.15) is 0 Å².